The first-order valence-electron chi connectivity index (χ1n) is 9.01. The molecule has 0 saturated heterocycles. The van der Waals surface area contributed by atoms with Gasteiger partial charge in [0.15, 0.2) is 11.5 Å². The molecule has 1 amide bonds. The lowest BCUT2D eigenvalue weighted by Gasteiger charge is -2.16. The summed E-state index contributed by atoms with van der Waals surface area (Å²) >= 11 is 0. The van der Waals surface area contributed by atoms with Gasteiger partial charge in [-0.1, -0.05) is 36.4 Å². The number of benzene rings is 2. The van der Waals surface area contributed by atoms with Crippen LogP contribution in [0, 0.1) is 0 Å². The SMILES string of the molecule is COc1ccc(/C=C/C(=O)NCCC(CCO)c2ccccc2)cc1OC. The van der Waals surface area contributed by atoms with E-state index < -0.39 is 0 Å². The van der Waals surface area contributed by atoms with Crippen LogP contribution in [0.5, 0.6) is 11.5 Å². The van der Waals surface area contributed by atoms with Crippen molar-refractivity contribution in [1.82, 2.24) is 5.32 Å². The first kappa shape index (κ1) is 20.5. The van der Waals surface area contributed by atoms with Gasteiger partial charge in [0.2, 0.25) is 5.91 Å². The van der Waals surface area contributed by atoms with E-state index in [-0.39, 0.29) is 18.4 Å². The average molecular weight is 369 g/mol. The lowest BCUT2D eigenvalue weighted by molar-refractivity contribution is -0.116. The molecule has 1 unspecified atom stereocenters. The van der Waals surface area contributed by atoms with E-state index >= 15 is 0 Å². The third-order valence-corrected chi connectivity index (χ3v) is 4.38. The van der Waals surface area contributed by atoms with Crippen molar-refractivity contribution in [3.05, 3.63) is 65.7 Å². The highest BCUT2D eigenvalue weighted by Gasteiger charge is 2.11. The lowest BCUT2D eigenvalue weighted by atomic mass is 9.93. The summed E-state index contributed by atoms with van der Waals surface area (Å²) in [6.07, 6.45) is 4.70. The number of rotatable bonds is 10. The molecule has 2 aromatic carbocycles. The number of carbonyl (C=O) groups excluding carboxylic acids is 1. The van der Waals surface area contributed by atoms with Crippen LogP contribution in [0.25, 0.3) is 6.08 Å². The van der Waals surface area contributed by atoms with Crippen LogP contribution in [0.3, 0.4) is 0 Å². The van der Waals surface area contributed by atoms with Crippen molar-refractivity contribution >= 4 is 12.0 Å². The fraction of sp³-hybridized carbons (Fsp3) is 0.318. The summed E-state index contributed by atoms with van der Waals surface area (Å²) in [6.45, 7) is 0.682. The predicted molar refractivity (Wildman–Crippen MR) is 107 cm³/mol. The van der Waals surface area contributed by atoms with E-state index in [2.05, 4.69) is 17.4 Å². The van der Waals surface area contributed by atoms with Gasteiger partial charge in [0.1, 0.15) is 0 Å². The highest BCUT2D eigenvalue weighted by Crippen LogP contribution is 2.28. The van der Waals surface area contributed by atoms with Gasteiger partial charge in [-0.2, -0.15) is 0 Å². The molecule has 5 heteroatoms. The van der Waals surface area contributed by atoms with Gasteiger partial charge >= 0.3 is 0 Å². The quantitative estimate of drug-likeness (QED) is 0.630. The van der Waals surface area contributed by atoms with Gasteiger partial charge in [-0.3, -0.25) is 4.79 Å². The van der Waals surface area contributed by atoms with Gasteiger partial charge in [0.05, 0.1) is 14.2 Å². The molecule has 0 fully saturated rings. The first-order chi connectivity index (χ1) is 13.2. The Morgan fingerprint density at radius 1 is 1.07 bits per heavy atom. The minimum Gasteiger partial charge on any atom is -0.493 e. The summed E-state index contributed by atoms with van der Waals surface area (Å²) in [6, 6.07) is 15.5. The van der Waals surface area contributed by atoms with E-state index in [9.17, 15) is 9.90 Å². The monoisotopic (exact) mass is 369 g/mol. The van der Waals surface area contributed by atoms with Crippen LogP contribution in [-0.4, -0.2) is 38.4 Å². The summed E-state index contributed by atoms with van der Waals surface area (Å²) in [7, 11) is 3.16. The molecule has 0 bridgehead atoms. The Kier molecular flexibility index (Phi) is 8.39. The average Bonchev–Trinajstić information content (AvgIpc) is 2.72. The Bertz CT molecular complexity index is 743. The maximum atomic E-state index is 12.1. The molecule has 5 nitrogen and oxygen atoms in total. The molecule has 2 N–H and O–H groups in total. The lowest BCUT2D eigenvalue weighted by Crippen LogP contribution is -2.23. The van der Waals surface area contributed by atoms with E-state index in [1.807, 2.05) is 30.3 Å². The van der Waals surface area contributed by atoms with Crippen LogP contribution < -0.4 is 14.8 Å². The van der Waals surface area contributed by atoms with Crippen LogP contribution >= 0.6 is 0 Å². The van der Waals surface area contributed by atoms with Gasteiger partial charge in [-0.15, -0.1) is 0 Å². The largest absolute Gasteiger partial charge is 0.493 e. The maximum Gasteiger partial charge on any atom is 0.243 e. The second-order valence-corrected chi connectivity index (χ2v) is 6.15. The third-order valence-electron chi connectivity index (χ3n) is 4.38. The number of carbonyl (C=O) groups is 1. The van der Waals surface area contributed by atoms with Crippen LogP contribution in [-0.2, 0) is 4.79 Å². The van der Waals surface area contributed by atoms with E-state index in [0.717, 1.165) is 12.0 Å². The minimum atomic E-state index is -0.152. The molecule has 0 aliphatic heterocycles. The number of nitrogens with one attached hydrogen (secondary N) is 1. The summed E-state index contributed by atoms with van der Waals surface area (Å²) in [5.74, 6) is 1.34. The van der Waals surface area contributed by atoms with Gasteiger partial charge in [-0.05, 0) is 48.1 Å². The molecule has 0 radical (unpaired) electrons. The molecule has 27 heavy (non-hydrogen) atoms. The Balaban J connectivity index is 1.87. The van der Waals surface area contributed by atoms with E-state index in [0.29, 0.717) is 24.5 Å². The van der Waals surface area contributed by atoms with E-state index in [4.69, 9.17) is 9.47 Å². The summed E-state index contributed by atoms with van der Waals surface area (Å²) < 4.78 is 10.5. The first-order valence-corrected chi connectivity index (χ1v) is 9.01. The molecule has 2 aromatic rings. The summed E-state index contributed by atoms with van der Waals surface area (Å²) in [5, 5.41) is 12.2. The number of ether oxygens (including phenoxy) is 2. The third kappa shape index (κ3) is 6.46. The molecule has 0 saturated carbocycles. The molecule has 0 aliphatic carbocycles. The number of hydrogen-bond acceptors (Lipinski definition) is 4. The molecule has 0 heterocycles. The van der Waals surface area contributed by atoms with Gasteiger partial charge in [-0.25, -0.2) is 0 Å². The Hall–Kier alpha value is -2.79. The standard InChI is InChI=1S/C22H27NO4/c1-26-20-10-8-17(16-21(20)27-2)9-11-22(25)23-14-12-19(13-15-24)18-6-4-3-5-7-18/h3-11,16,19,24H,12-15H2,1-2H3,(H,23,25)/b11-9+. The van der Waals surface area contributed by atoms with Crippen LogP contribution in [0.2, 0.25) is 0 Å². The van der Waals surface area contributed by atoms with Gasteiger partial charge < -0.3 is 19.9 Å². The number of amides is 1. The van der Waals surface area contributed by atoms with Crippen LogP contribution in [0.4, 0.5) is 0 Å². The second-order valence-electron chi connectivity index (χ2n) is 6.15. The van der Waals surface area contributed by atoms with Crippen molar-refractivity contribution in [1.29, 1.82) is 0 Å². The Labute approximate surface area is 160 Å². The molecule has 0 aromatic heterocycles. The normalized spacial score (nSPS) is 12.0. The van der Waals surface area contributed by atoms with Crippen molar-refractivity contribution in [2.24, 2.45) is 0 Å². The molecular formula is C22H27NO4. The molecule has 1 atom stereocenters. The second kappa shape index (κ2) is 11.0. The van der Waals surface area contributed by atoms with Crippen LogP contribution in [0.1, 0.15) is 29.9 Å². The highest BCUT2D eigenvalue weighted by molar-refractivity contribution is 5.91. The predicted octanol–water partition coefficient (Wildman–Crippen LogP) is 3.39. The zero-order valence-corrected chi connectivity index (χ0v) is 15.9. The number of aliphatic hydroxyl groups excluding tert-OH is 1. The van der Waals surface area contributed by atoms with Crippen molar-refractivity contribution in [3.63, 3.8) is 0 Å². The van der Waals surface area contributed by atoms with Crippen molar-refractivity contribution in [2.45, 2.75) is 18.8 Å². The fourth-order valence-corrected chi connectivity index (χ4v) is 2.92. The van der Waals surface area contributed by atoms with Crippen molar-refractivity contribution in [2.75, 3.05) is 27.4 Å². The number of methoxy groups -OCH3 is 2. The Morgan fingerprint density at radius 3 is 2.48 bits per heavy atom. The van der Waals surface area contributed by atoms with Gasteiger partial charge in [0, 0.05) is 19.2 Å². The summed E-state index contributed by atoms with van der Waals surface area (Å²) in [5.41, 5.74) is 2.03. The summed E-state index contributed by atoms with van der Waals surface area (Å²) in [4.78, 5) is 12.1. The zero-order valence-electron chi connectivity index (χ0n) is 15.9. The molecular weight excluding hydrogens is 342 g/mol. The number of aliphatic hydroxyl groups is 1. The topological polar surface area (TPSA) is 67.8 Å². The molecule has 2 rings (SSSR count). The van der Waals surface area contributed by atoms with Crippen LogP contribution in [0.15, 0.2) is 54.6 Å². The molecule has 144 valence electrons. The van der Waals surface area contributed by atoms with Crippen molar-refractivity contribution < 1.29 is 19.4 Å². The van der Waals surface area contributed by atoms with E-state index in [1.54, 1.807) is 26.4 Å². The maximum absolute atomic E-state index is 12.1. The smallest absolute Gasteiger partial charge is 0.243 e. The van der Waals surface area contributed by atoms with E-state index in [1.165, 1.54) is 11.6 Å². The molecule has 0 aliphatic rings. The molecule has 0 spiro atoms. The zero-order chi connectivity index (χ0) is 19.5. The fourth-order valence-electron chi connectivity index (χ4n) is 2.92. The highest BCUT2D eigenvalue weighted by atomic mass is 16.5. The van der Waals surface area contributed by atoms with Crippen molar-refractivity contribution in [3.8, 4) is 11.5 Å². The Morgan fingerprint density at radius 2 is 1.81 bits per heavy atom. The van der Waals surface area contributed by atoms with Gasteiger partial charge in [0.25, 0.3) is 0 Å². The minimum absolute atomic E-state index is 0.132. The number of hydrogen-bond donors (Lipinski definition) is 2.